The Bertz CT molecular complexity index is 451. The van der Waals surface area contributed by atoms with Crippen LogP contribution >= 0.6 is 0 Å². The lowest BCUT2D eigenvalue weighted by Crippen LogP contribution is -2.18. The van der Waals surface area contributed by atoms with Crippen molar-refractivity contribution in [1.82, 2.24) is 0 Å². The van der Waals surface area contributed by atoms with Crippen LogP contribution in [0.15, 0.2) is 18.2 Å². The van der Waals surface area contributed by atoms with Crippen molar-refractivity contribution in [2.45, 2.75) is 25.3 Å². The maximum Gasteiger partial charge on any atom is 0.416 e. The lowest BCUT2D eigenvalue weighted by Gasteiger charge is -2.17. The van der Waals surface area contributed by atoms with E-state index >= 15 is 0 Å². The molecule has 0 saturated carbocycles. The highest BCUT2D eigenvalue weighted by Gasteiger charge is 2.32. The molecule has 0 aromatic heterocycles. The van der Waals surface area contributed by atoms with Gasteiger partial charge in [0, 0.05) is 0 Å². The molecule has 0 aliphatic carbocycles. The molecule has 0 amide bonds. The van der Waals surface area contributed by atoms with Crippen LogP contribution in [0.2, 0.25) is 0 Å². The zero-order chi connectivity index (χ0) is 13.2. The Morgan fingerprint density at radius 1 is 1.29 bits per heavy atom. The molecule has 0 saturated heterocycles. The Labute approximate surface area is 95.7 Å². The number of aryl methyl sites for hydroxylation is 1. The summed E-state index contributed by atoms with van der Waals surface area (Å²) in [4.78, 5) is 0. The third-order valence-corrected chi connectivity index (χ3v) is 2.36. The van der Waals surface area contributed by atoms with Crippen molar-refractivity contribution in [2.24, 2.45) is 0 Å². The Balaban J connectivity index is 3.21. The predicted octanol–water partition coefficient (Wildman–Crippen LogP) is 1.93. The minimum Gasteiger partial charge on any atom is -0.385 e. The number of aliphatic hydroxyl groups excluding tert-OH is 2. The number of rotatable bonds is 2. The van der Waals surface area contributed by atoms with Crippen LogP contribution in [-0.2, 0) is 6.18 Å². The van der Waals surface area contributed by atoms with Crippen LogP contribution in [0, 0.1) is 18.3 Å². The fourth-order valence-electron chi connectivity index (χ4n) is 1.38. The van der Waals surface area contributed by atoms with Gasteiger partial charge in [-0.05, 0) is 30.2 Å². The number of nitriles is 1. The quantitative estimate of drug-likeness (QED) is 0.782. The molecule has 2 atom stereocenters. The van der Waals surface area contributed by atoms with Crippen LogP contribution in [0.1, 0.15) is 22.8 Å². The molecule has 0 aliphatic rings. The van der Waals surface area contributed by atoms with Crippen LogP contribution in [0.4, 0.5) is 13.2 Å². The van der Waals surface area contributed by atoms with Crippen LogP contribution in [0.3, 0.4) is 0 Å². The highest BCUT2D eigenvalue weighted by Crippen LogP contribution is 2.32. The molecule has 1 aromatic carbocycles. The summed E-state index contributed by atoms with van der Waals surface area (Å²) >= 11 is 0. The summed E-state index contributed by atoms with van der Waals surface area (Å²) in [6.07, 6.45) is -7.93. The summed E-state index contributed by atoms with van der Waals surface area (Å²) in [5.41, 5.74) is -0.657. The molecule has 2 unspecified atom stereocenters. The van der Waals surface area contributed by atoms with Crippen molar-refractivity contribution in [3.8, 4) is 6.07 Å². The molecule has 0 fully saturated rings. The lowest BCUT2D eigenvalue weighted by atomic mass is 9.97. The Morgan fingerprint density at radius 3 is 2.35 bits per heavy atom. The summed E-state index contributed by atoms with van der Waals surface area (Å²) in [6.45, 7) is 1.49. The number of nitrogens with zero attached hydrogens (tertiary/aromatic N) is 1. The third kappa shape index (κ3) is 2.96. The van der Waals surface area contributed by atoms with Gasteiger partial charge in [-0.1, -0.05) is 6.07 Å². The second kappa shape index (κ2) is 4.73. The van der Waals surface area contributed by atoms with Gasteiger partial charge in [0.1, 0.15) is 6.10 Å². The van der Waals surface area contributed by atoms with Crippen LogP contribution < -0.4 is 0 Å². The van der Waals surface area contributed by atoms with E-state index in [1.54, 1.807) is 0 Å². The molecule has 17 heavy (non-hydrogen) atoms. The third-order valence-electron chi connectivity index (χ3n) is 2.36. The zero-order valence-electron chi connectivity index (χ0n) is 8.86. The van der Waals surface area contributed by atoms with Gasteiger partial charge >= 0.3 is 6.18 Å². The van der Waals surface area contributed by atoms with Gasteiger partial charge in [-0.2, -0.15) is 18.4 Å². The highest BCUT2D eigenvalue weighted by molar-refractivity contribution is 5.35. The average molecular weight is 245 g/mol. The highest BCUT2D eigenvalue weighted by atomic mass is 19.4. The second-order valence-corrected chi connectivity index (χ2v) is 3.59. The first-order chi connectivity index (χ1) is 7.77. The Morgan fingerprint density at radius 2 is 1.88 bits per heavy atom. The first-order valence-corrected chi connectivity index (χ1v) is 4.71. The van der Waals surface area contributed by atoms with E-state index in [9.17, 15) is 18.3 Å². The number of hydrogen-bond donors (Lipinski definition) is 2. The monoisotopic (exact) mass is 245 g/mol. The summed E-state index contributed by atoms with van der Waals surface area (Å²) < 4.78 is 37.3. The molecule has 3 nitrogen and oxygen atoms in total. The zero-order valence-corrected chi connectivity index (χ0v) is 8.86. The molecule has 1 aromatic rings. The molecule has 0 spiro atoms. The first kappa shape index (κ1) is 13.5. The van der Waals surface area contributed by atoms with Crippen LogP contribution in [0.25, 0.3) is 0 Å². The molecule has 0 aliphatic heterocycles. The fourth-order valence-corrected chi connectivity index (χ4v) is 1.38. The van der Waals surface area contributed by atoms with Crippen molar-refractivity contribution in [2.75, 3.05) is 0 Å². The SMILES string of the molecule is Cc1ccc(C(F)(F)F)cc1C(O)C(O)C#N. The molecule has 0 bridgehead atoms. The molecule has 0 radical (unpaired) electrons. The lowest BCUT2D eigenvalue weighted by molar-refractivity contribution is -0.137. The number of alkyl halides is 3. The minimum atomic E-state index is -4.53. The molecule has 92 valence electrons. The number of halogens is 3. The Kier molecular flexibility index (Phi) is 3.76. The summed E-state index contributed by atoms with van der Waals surface area (Å²) in [7, 11) is 0. The predicted molar refractivity (Wildman–Crippen MR) is 52.8 cm³/mol. The number of benzene rings is 1. The van der Waals surface area contributed by atoms with E-state index in [0.717, 1.165) is 12.1 Å². The summed E-state index contributed by atoms with van der Waals surface area (Å²) in [6, 6.07) is 4.17. The molecule has 1 rings (SSSR count). The maximum absolute atomic E-state index is 12.4. The smallest absolute Gasteiger partial charge is 0.385 e. The van der Waals surface area contributed by atoms with Gasteiger partial charge < -0.3 is 10.2 Å². The van der Waals surface area contributed by atoms with Gasteiger partial charge in [0.2, 0.25) is 0 Å². The van der Waals surface area contributed by atoms with E-state index in [4.69, 9.17) is 10.4 Å². The van der Waals surface area contributed by atoms with E-state index in [2.05, 4.69) is 0 Å². The van der Waals surface area contributed by atoms with Gasteiger partial charge in [0.05, 0.1) is 11.6 Å². The van der Waals surface area contributed by atoms with Gasteiger partial charge in [0.25, 0.3) is 0 Å². The molecule has 6 heteroatoms. The van der Waals surface area contributed by atoms with Gasteiger partial charge in [-0.15, -0.1) is 0 Å². The van der Waals surface area contributed by atoms with E-state index in [1.807, 2.05) is 0 Å². The topological polar surface area (TPSA) is 64.2 Å². The summed E-state index contributed by atoms with van der Waals surface area (Å²) in [5.74, 6) is 0. The largest absolute Gasteiger partial charge is 0.416 e. The molecule has 0 heterocycles. The second-order valence-electron chi connectivity index (χ2n) is 3.59. The van der Waals surface area contributed by atoms with Crippen molar-refractivity contribution in [1.29, 1.82) is 5.26 Å². The standard InChI is InChI=1S/C11H10F3NO2/c1-6-2-3-7(11(12,13)14)4-8(6)10(17)9(16)5-15/h2-4,9-10,16-17H,1H3. The van der Waals surface area contributed by atoms with Gasteiger partial charge in [-0.25, -0.2) is 0 Å². The van der Waals surface area contributed by atoms with E-state index in [-0.39, 0.29) is 5.56 Å². The minimum absolute atomic E-state index is 0.103. The Hall–Kier alpha value is -1.58. The molecular weight excluding hydrogens is 235 g/mol. The average Bonchev–Trinajstić information content (AvgIpc) is 2.26. The fraction of sp³-hybridized carbons (Fsp3) is 0.364. The summed E-state index contributed by atoms with van der Waals surface area (Å²) in [5, 5.41) is 27.0. The van der Waals surface area contributed by atoms with Crippen LogP contribution in [-0.4, -0.2) is 16.3 Å². The first-order valence-electron chi connectivity index (χ1n) is 4.71. The van der Waals surface area contributed by atoms with Gasteiger partial charge in [0.15, 0.2) is 6.10 Å². The maximum atomic E-state index is 12.4. The molecular formula is C11H10F3NO2. The number of aliphatic hydroxyl groups is 2. The van der Waals surface area contributed by atoms with Crippen molar-refractivity contribution in [3.05, 3.63) is 34.9 Å². The van der Waals surface area contributed by atoms with Crippen molar-refractivity contribution < 1.29 is 23.4 Å². The van der Waals surface area contributed by atoms with Crippen molar-refractivity contribution >= 4 is 0 Å². The van der Waals surface area contributed by atoms with Crippen molar-refractivity contribution in [3.63, 3.8) is 0 Å². The van der Waals surface area contributed by atoms with E-state index in [1.165, 1.54) is 19.1 Å². The normalized spacial score (nSPS) is 15.1. The van der Waals surface area contributed by atoms with Gasteiger partial charge in [-0.3, -0.25) is 0 Å². The van der Waals surface area contributed by atoms with E-state index in [0.29, 0.717) is 5.56 Å². The molecule has 2 N–H and O–H groups in total. The van der Waals surface area contributed by atoms with Crippen LogP contribution in [0.5, 0.6) is 0 Å². The number of hydrogen-bond acceptors (Lipinski definition) is 3. The van der Waals surface area contributed by atoms with E-state index < -0.39 is 23.9 Å².